The van der Waals surface area contributed by atoms with Crippen LogP contribution in [0.15, 0.2) is 110 Å². The number of hydrogen-bond donors (Lipinski definition) is 3. The van der Waals surface area contributed by atoms with Crippen molar-refractivity contribution in [1.29, 1.82) is 0 Å². The molecule has 3 N–H and O–H groups in total. The number of nitrogens with zero attached hydrogens (tertiary/aromatic N) is 15. The van der Waals surface area contributed by atoms with Crippen molar-refractivity contribution in [3.8, 4) is 34.9 Å². The van der Waals surface area contributed by atoms with Gasteiger partial charge < -0.3 is 87.7 Å². The van der Waals surface area contributed by atoms with Gasteiger partial charge in [-0.2, -0.15) is 0 Å². The predicted octanol–water partition coefficient (Wildman–Crippen LogP) is 16.8. The number of amides is 6. The Bertz CT molecular complexity index is 6150. The summed E-state index contributed by atoms with van der Waals surface area (Å²) in [6, 6.07) is 11.4. The van der Waals surface area contributed by atoms with Gasteiger partial charge in [-0.05, 0) is 199 Å². The molecule has 9 aromatic rings. The summed E-state index contributed by atoms with van der Waals surface area (Å²) < 4.78 is 55.9. The van der Waals surface area contributed by atoms with Crippen LogP contribution in [0.25, 0.3) is 33.1 Å². The smallest absolute Gasteiger partial charge is 0.408 e. The Balaban J connectivity index is 0.000000198. The third kappa shape index (κ3) is 28.2. The number of hydrogen-bond acceptors (Lipinski definition) is 30. The first kappa shape index (κ1) is 116. The van der Waals surface area contributed by atoms with Crippen LogP contribution in [-0.4, -0.2) is 221 Å². The molecule has 803 valence electrons. The number of alkyl carbamates (subject to hydrolysis) is 3. The van der Waals surface area contributed by atoms with E-state index < -0.39 is 100 Å². The van der Waals surface area contributed by atoms with Crippen molar-refractivity contribution in [3.05, 3.63) is 145 Å². The molecule has 150 heavy (non-hydrogen) atoms. The van der Waals surface area contributed by atoms with Gasteiger partial charge in [-0.1, -0.05) is 159 Å². The zero-order chi connectivity index (χ0) is 104. The third-order valence-electron chi connectivity index (χ3n) is 30.7. The quantitative estimate of drug-likeness (QED) is 0.0634. The monoisotopic (exact) mass is 2170 g/mol. The molecule has 0 unspecified atom stereocenters. The number of benzene rings is 3. The maximum atomic E-state index is 14.3. The molecule has 3 saturated heterocycles. The molecular weight excluding hydrogens is 2030 g/mol. The van der Waals surface area contributed by atoms with E-state index in [0.29, 0.717) is 107 Å². The van der Waals surface area contributed by atoms with Crippen LogP contribution in [0.3, 0.4) is 0 Å². The zero-order valence-corrected chi connectivity index (χ0v) is 92.6. The van der Waals surface area contributed by atoms with Crippen molar-refractivity contribution >= 4 is 88.0 Å². The second-order valence-electron chi connectivity index (χ2n) is 44.3. The third-order valence-corrected chi connectivity index (χ3v) is 30.7. The van der Waals surface area contributed by atoms with Crippen LogP contribution in [-0.2, 0) is 138 Å². The molecule has 12 heterocycles. The molecule has 6 aliphatic heterocycles. The Morgan fingerprint density at radius 1 is 0.387 bits per heavy atom. The molecular formula is C111H143N18O18V3-3. The fourth-order valence-electron chi connectivity index (χ4n) is 22.2. The van der Waals surface area contributed by atoms with Crippen LogP contribution in [0.1, 0.15) is 274 Å². The number of ether oxygens (including phenoxy) is 9. The van der Waals surface area contributed by atoms with Crippen molar-refractivity contribution in [2.45, 2.75) is 349 Å². The molecule has 3 aromatic carbocycles. The van der Waals surface area contributed by atoms with Crippen LogP contribution in [0, 0.1) is 51.8 Å². The number of carbonyl (C=O) groups excluding carboxylic acids is 9. The van der Waals surface area contributed by atoms with Gasteiger partial charge in [0, 0.05) is 118 Å². The first-order valence-corrected chi connectivity index (χ1v) is 52.7. The molecule has 36 nitrogen and oxygen atoms in total. The van der Waals surface area contributed by atoms with E-state index in [4.69, 9.17) is 72.5 Å². The van der Waals surface area contributed by atoms with Gasteiger partial charge in [0.15, 0.2) is 0 Å². The molecule has 9 aliphatic rings. The number of carbonyl (C=O) groups is 6. The molecule has 3 radical (unpaired) electrons. The standard InChI is InChI=1S/C38H49N6O6.C37H47N6O6.C36H45N6O6.3V.H2/c1-6-27-31(22-45)44-21-32(27)49-34-29(41-28-15-14-26(19-30(28)42-34)48-23-25-20-39-17-18-40-25)13-9-7-8-11-24-12-10-16-38(24,5)50-36(47)43-33(35(44)46)37(2,3)4;1-5-26-30(21-44)43-20-32(26)48-34-28(40-27-15-14-25(18-29(27)41-34)47-22-24-19-38-16-17-39-24)12-8-6-7-10-23-11-9-13-31(23)49-36(46)42-33(35(43)45)37(2,3)4;1-6-25-29(20-43)42-19-30(25)47-32-27(39-26-13-12-24(16-28(26)40-32)46-21-23-18-37-14-15-38-23)11-9-7-8-10-22-17-36(22,5)48-34(45)41-31(33(42)44)35(2,3)4;;;;/h14-15,17-20,24,27,31-33H,6-13,16,21,23H2,1-5H3,(H,43,47);14-19,23,26,30-33H,5-13,20,22H2,1-4H3,(H,42,46);12-16,18,22,25,29-31H,6-11,17,19,21H2,1-5H3,(H,41,45);;;;1H/q3*-1;;;;/t24-,27+,31-,32+,33-,38-;23-,26+,30-,31-,32+,33-;22-,25+,29-,30+,31-,36-;;;;/m111..../s1. The minimum absolute atomic E-state index is 0. The summed E-state index contributed by atoms with van der Waals surface area (Å²) in [5.74, 6) is 1.70. The van der Waals surface area contributed by atoms with Crippen molar-refractivity contribution in [3.63, 3.8) is 0 Å². The molecule has 39 heteroatoms. The van der Waals surface area contributed by atoms with E-state index >= 15 is 0 Å². The average molecular weight is 2170 g/mol. The van der Waals surface area contributed by atoms with E-state index in [-0.39, 0.29) is 156 Å². The molecule has 18 atom stereocenters. The van der Waals surface area contributed by atoms with Gasteiger partial charge in [-0.3, -0.25) is 44.3 Å². The maximum absolute atomic E-state index is 14.3. The van der Waals surface area contributed by atoms with Gasteiger partial charge in [0.1, 0.15) is 108 Å². The molecule has 6 amide bonds. The zero-order valence-electron chi connectivity index (χ0n) is 88.4. The largest absolute Gasteiger partial charge is 0.540 e. The van der Waals surface area contributed by atoms with E-state index in [1.165, 1.54) is 14.7 Å². The molecule has 3 aliphatic carbocycles. The SMILES string of the molecule is CC[C@@H]1[C@@H]2CN(C(=O)[C@H](C(C)(C)C)NC(=O)O[C@@H]3CCC[C@H]3CCCCCc3nc4ccc(OCc5cnccn5)cc4nc3O2)[C@@H]1[C-]=O.CC[C@@H]1[C@@H]2CN(C(=O)[C@H](C(C)(C)C)NC(=O)O[C@]3(C)CCC[C@H]3CCCCCc3nc4ccc(OCc5cnccn5)cc4nc3O2)[C@@H]1[C-]=O.CC[C@@H]1[C@@H]2CN(C(=O)[C@H](C(C)(C)C)NC(=O)O[C@]3(C)C[C@H]3CCCCCc3nc4ccc(OCc5cnccn5)cc4nc3O2)[C@@H]1[C-]=O.[HH].[V].[V].[V]. The topological polar surface area (TPSA) is 437 Å². The van der Waals surface area contributed by atoms with Crippen LogP contribution in [0.4, 0.5) is 14.4 Å². The number of nitrogens with one attached hydrogen (secondary N) is 3. The summed E-state index contributed by atoms with van der Waals surface area (Å²) in [5.41, 5.74) is 5.20. The van der Waals surface area contributed by atoms with E-state index in [9.17, 15) is 43.2 Å². The number of aromatic nitrogens is 12. The van der Waals surface area contributed by atoms with Gasteiger partial charge in [0.05, 0.1) is 88.4 Å². The Kier molecular flexibility index (Phi) is 39.7. The Labute approximate surface area is 915 Å². The Morgan fingerprint density at radius 3 is 1.07 bits per heavy atom. The summed E-state index contributed by atoms with van der Waals surface area (Å²) in [6.07, 6.45) is 39.0. The van der Waals surface area contributed by atoms with Crippen molar-refractivity contribution in [1.82, 2.24) is 90.5 Å². The molecule has 3 saturated carbocycles. The van der Waals surface area contributed by atoms with Gasteiger partial charge >= 0.3 is 18.3 Å². The molecule has 18 rings (SSSR count). The summed E-state index contributed by atoms with van der Waals surface area (Å²) in [7, 11) is 0. The van der Waals surface area contributed by atoms with Crippen molar-refractivity contribution in [2.75, 3.05) is 19.6 Å². The molecule has 0 spiro atoms. The summed E-state index contributed by atoms with van der Waals surface area (Å²) in [6.45, 7) is 28.1. The predicted molar refractivity (Wildman–Crippen MR) is 546 cm³/mol. The summed E-state index contributed by atoms with van der Waals surface area (Å²) in [4.78, 5) is 180. The van der Waals surface area contributed by atoms with Crippen molar-refractivity contribution < 1.29 is 143 Å². The van der Waals surface area contributed by atoms with Crippen LogP contribution in [0.5, 0.6) is 34.9 Å². The van der Waals surface area contributed by atoms with Gasteiger partial charge in [0.2, 0.25) is 35.4 Å². The summed E-state index contributed by atoms with van der Waals surface area (Å²) >= 11 is 0. The number of aryl methyl sites for hydroxylation is 3. The minimum atomic E-state index is -0.930. The van der Waals surface area contributed by atoms with E-state index in [1.54, 1.807) is 55.8 Å². The normalized spacial score (nSPS) is 27.1. The van der Waals surface area contributed by atoms with E-state index in [2.05, 4.69) is 64.7 Å². The first-order valence-electron chi connectivity index (χ1n) is 52.7. The Morgan fingerprint density at radius 2 is 0.727 bits per heavy atom. The summed E-state index contributed by atoms with van der Waals surface area (Å²) in [5, 5.41) is 8.64. The first-order chi connectivity index (χ1) is 70.6. The maximum Gasteiger partial charge on any atom is 0.408 e. The van der Waals surface area contributed by atoms with Gasteiger partial charge in [-0.15, -0.1) is 0 Å². The number of fused-ring (bicyclic) bond motifs is 15. The second kappa shape index (κ2) is 51.4. The van der Waals surface area contributed by atoms with Crippen LogP contribution >= 0.6 is 0 Å². The Hall–Kier alpha value is -11.3. The number of rotatable bonds is 15. The van der Waals surface area contributed by atoms with Crippen molar-refractivity contribution in [2.24, 2.45) is 51.8 Å². The minimum Gasteiger partial charge on any atom is -0.540 e. The fraction of sp³-hybridized carbons (Fsp3) is 0.595. The average Bonchev–Trinajstić information content (AvgIpc) is 1.67. The van der Waals surface area contributed by atoms with Gasteiger partial charge in [-0.25, -0.2) is 63.1 Å². The molecule has 6 bridgehead atoms. The van der Waals surface area contributed by atoms with E-state index in [1.807, 2.05) is 152 Å². The molecule has 6 aromatic heterocycles. The van der Waals surface area contributed by atoms with Crippen LogP contribution in [0.2, 0.25) is 0 Å². The van der Waals surface area contributed by atoms with Crippen LogP contribution < -0.4 is 44.4 Å². The fourth-order valence-corrected chi connectivity index (χ4v) is 22.2. The van der Waals surface area contributed by atoms with Gasteiger partial charge in [0.25, 0.3) is 0 Å². The van der Waals surface area contributed by atoms with E-state index in [0.717, 1.165) is 156 Å². The second-order valence-corrected chi connectivity index (χ2v) is 44.3. The molecule has 6 fully saturated rings.